The summed E-state index contributed by atoms with van der Waals surface area (Å²) in [4.78, 5) is 15.1. The summed E-state index contributed by atoms with van der Waals surface area (Å²) in [5, 5.41) is 24.3. The number of rotatable bonds is 8. The SMILES string of the molecule is CC12CCC(O)CC13C=CC1(C(C(=O)c4ccc(-c5cc(C(F)(F)F)ccc5Cl)o4)=C3)C2CCC2(C)C1CCC2(O)CN(CC12CC3CC(CC(C3)C1)C2)S(C)(=O)=O. The Bertz CT molecular complexity index is 2220. The van der Waals surface area contributed by atoms with E-state index in [0.717, 1.165) is 37.8 Å². The van der Waals surface area contributed by atoms with Crippen molar-refractivity contribution in [3.63, 3.8) is 0 Å². The molecule has 12 heteroatoms. The molecule has 0 radical (unpaired) electrons. The molecule has 2 spiro atoms. The van der Waals surface area contributed by atoms with Crippen LogP contribution in [0.1, 0.15) is 113 Å². The first-order valence-corrected chi connectivity index (χ1v) is 23.7. The predicted molar refractivity (Wildman–Crippen MR) is 214 cm³/mol. The first-order chi connectivity index (χ1) is 27.1. The minimum absolute atomic E-state index is 0.00717. The van der Waals surface area contributed by atoms with Gasteiger partial charge in [0.05, 0.1) is 28.5 Å². The highest BCUT2D eigenvalue weighted by Crippen LogP contribution is 2.78. The monoisotopic (exact) mass is 841 g/mol. The molecule has 7 fully saturated rings. The van der Waals surface area contributed by atoms with Gasteiger partial charge in [-0.15, -0.1) is 0 Å². The van der Waals surface area contributed by atoms with E-state index < -0.39 is 49.7 Å². The van der Waals surface area contributed by atoms with Crippen molar-refractivity contribution in [2.45, 2.75) is 115 Å². The molecule has 0 saturated heterocycles. The number of carbonyl (C=O) groups is 1. The fraction of sp³-hybridized carbons (Fsp3) is 0.674. The Labute approximate surface area is 344 Å². The average Bonchev–Trinajstić information content (AvgIpc) is 3.72. The maximum Gasteiger partial charge on any atom is 0.416 e. The minimum Gasteiger partial charge on any atom is -0.453 e. The van der Waals surface area contributed by atoms with Crippen molar-refractivity contribution >= 4 is 27.4 Å². The number of allylic oxidation sites excluding steroid dienone is 4. The number of fused-ring (bicyclic) bond motifs is 1. The van der Waals surface area contributed by atoms with Gasteiger partial charge >= 0.3 is 6.18 Å². The maximum absolute atomic E-state index is 15.1. The van der Waals surface area contributed by atoms with Crippen LogP contribution in [0.5, 0.6) is 0 Å². The first kappa shape index (κ1) is 39.7. The zero-order valence-corrected chi connectivity index (χ0v) is 35.2. The number of hydrogen-bond acceptors (Lipinski definition) is 6. The van der Waals surface area contributed by atoms with E-state index in [2.05, 4.69) is 32.1 Å². The van der Waals surface area contributed by atoms with Crippen molar-refractivity contribution in [3.05, 3.63) is 70.5 Å². The summed E-state index contributed by atoms with van der Waals surface area (Å²) in [6.45, 7) is 4.86. The van der Waals surface area contributed by atoms with Gasteiger partial charge in [0.1, 0.15) is 5.76 Å². The predicted octanol–water partition coefficient (Wildman–Crippen LogP) is 9.87. The maximum atomic E-state index is 15.1. The molecular formula is C46H55ClF3NO6S. The first-order valence-electron chi connectivity index (χ1n) is 21.4. The molecule has 2 aromatic rings. The normalized spacial score (nSPS) is 43.7. The molecule has 6 bridgehead atoms. The number of nitrogens with zero attached hydrogens (tertiary/aromatic N) is 1. The highest BCUT2D eigenvalue weighted by Gasteiger charge is 2.75. The molecule has 7 saturated carbocycles. The van der Waals surface area contributed by atoms with Crippen LogP contribution < -0.4 is 0 Å². The van der Waals surface area contributed by atoms with E-state index >= 15 is 4.79 Å². The van der Waals surface area contributed by atoms with E-state index in [4.69, 9.17) is 16.0 Å². The topological polar surface area (TPSA) is 108 Å². The van der Waals surface area contributed by atoms with E-state index in [1.54, 1.807) is 4.31 Å². The number of carbonyl (C=O) groups excluding carboxylic acids is 1. The number of benzene rings is 1. The molecule has 2 N–H and O–H groups in total. The summed E-state index contributed by atoms with van der Waals surface area (Å²) in [5.74, 6) is 1.41. The second-order valence-corrected chi connectivity index (χ2v) is 23.3. The number of halogens is 4. The fourth-order valence-corrected chi connectivity index (χ4v) is 16.8. The Morgan fingerprint density at radius 3 is 2.19 bits per heavy atom. The third kappa shape index (κ3) is 5.53. The van der Waals surface area contributed by atoms with Gasteiger partial charge < -0.3 is 14.6 Å². The van der Waals surface area contributed by atoms with Crippen LogP contribution >= 0.6 is 11.6 Å². The Morgan fingerprint density at radius 2 is 1.53 bits per heavy atom. The lowest BCUT2D eigenvalue weighted by Gasteiger charge is -2.71. The zero-order valence-electron chi connectivity index (χ0n) is 33.6. The summed E-state index contributed by atoms with van der Waals surface area (Å²) in [6.07, 6.45) is 13.8. The molecule has 0 amide bonds. The van der Waals surface area contributed by atoms with Gasteiger partial charge in [-0.1, -0.05) is 43.7 Å². The van der Waals surface area contributed by atoms with E-state index in [1.807, 2.05) is 0 Å². The van der Waals surface area contributed by atoms with E-state index in [-0.39, 0.29) is 57.1 Å². The number of ketones is 1. The van der Waals surface area contributed by atoms with Gasteiger partial charge in [-0.2, -0.15) is 17.5 Å². The number of sulfonamides is 1. The van der Waals surface area contributed by atoms with Crippen LogP contribution in [-0.4, -0.2) is 59.8 Å². The van der Waals surface area contributed by atoms with Crippen molar-refractivity contribution in [1.29, 1.82) is 0 Å². The van der Waals surface area contributed by atoms with Crippen LogP contribution in [0.25, 0.3) is 11.3 Å². The van der Waals surface area contributed by atoms with Crippen LogP contribution in [0.3, 0.4) is 0 Å². The van der Waals surface area contributed by atoms with Gasteiger partial charge in [-0.3, -0.25) is 4.79 Å². The van der Waals surface area contributed by atoms with E-state index in [0.29, 0.717) is 68.4 Å². The Balaban J connectivity index is 1.03. The van der Waals surface area contributed by atoms with Gasteiger partial charge in [0.25, 0.3) is 0 Å². The lowest BCUT2D eigenvalue weighted by atomic mass is 9.32. The van der Waals surface area contributed by atoms with Crippen molar-refractivity contribution < 1.29 is 41.0 Å². The van der Waals surface area contributed by atoms with Crippen molar-refractivity contribution in [2.24, 2.45) is 56.7 Å². The smallest absolute Gasteiger partial charge is 0.416 e. The standard InChI is InChI=1S/C46H55ClF3NO6S/c1-40-11-8-31(52)23-43(40)14-15-45(33(24-43)39(53)36-7-6-35(57-36)32-19-30(46(48,49)50)4-5-34(32)47)37(40)9-12-41(2)38(45)10-13-44(41,54)26-51(58(3,55)56)25-42-20-27-16-28(21-42)18-29(17-27)22-42/h4-7,14-15,19,24,27-29,31,37-38,52,54H,8-13,16-18,20-23,25-26H2,1-3H3. The van der Waals surface area contributed by atoms with Crippen molar-refractivity contribution in [2.75, 3.05) is 19.3 Å². The Morgan fingerprint density at radius 1 is 0.897 bits per heavy atom. The van der Waals surface area contributed by atoms with Crippen LogP contribution in [0, 0.1) is 56.7 Å². The van der Waals surface area contributed by atoms with Gasteiger partial charge in [-0.25, -0.2) is 8.42 Å². The molecule has 10 aliphatic carbocycles. The molecule has 1 aromatic carbocycles. The molecule has 12 rings (SSSR count). The zero-order chi connectivity index (χ0) is 41.1. The van der Waals surface area contributed by atoms with Crippen LogP contribution in [-0.2, 0) is 16.2 Å². The third-order valence-corrected chi connectivity index (χ3v) is 19.5. The van der Waals surface area contributed by atoms with Crippen molar-refractivity contribution in [1.82, 2.24) is 4.31 Å². The summed E-state index contributed by atoms with van der Waals surface area (Å²) < 4.78 is 76.4. The summed E-state index contributed by atoms with van der Waals surface area (Å²) in [5.41, 5.74) is -4.18. The Kier molecular flexibility index (Phi) is 8.60. The molecule has 0 aliphatic heterocycles. The number of Topliss-reactive ketones (excluding diaryl/α,β-unsaturated/α-hetero) is 1. The quantitative estimate of drug-likeness (QED) is 0.203. The molecule has 314 valence electrons. The lowest BCUT2D eigenvalue weighted by molar-refractivity contribution is -0.175. The molecule has 8 unspecified atom stereocenters. The lowest BCUT2D eigenvalue weighted by Crippen LogP contribution is -2.67. The molecule has 58 heavy (non-hydrogen) atoms. The molecular weight excluding hydrogens is 787 g/mol. The van der Waals surface area contributed by atoms with Crippen LogP contribution in [0.4, 0.5) is 13.2 Å². The van der Waals surface area contributed by atoms with Crippen LogP contribution in [0.2, 0.25) is 5.02 Å². The van der Waals surface area contributed by atoms with Gasteiger partial charge in [0.2, 0.25) is 15.8 Å². The van der Waals surface area contributed by atoms with Gasteiger partial charge in [0, 0.05) is 40.5 Å². The van der Waals surface area contributed by atoms with Crippen molar-refractivity contribution in [3.8, 4) is 11.3 Å². The van der Waals surface area contributed by atoms with Gasteiger partial charge in [0.15, 0.2) is 5.76 Å². The number of furan rings is 1. The Hall–Kier alpha value is -2.44. The molecule has 1 heterocycles. The minimum atomic E-state index is -4.60. The second kappa shape index (κ2) is 12.6. The van der Waals surface area contributed by atoms with Crippen LogP contribution in [0.15, 0.2) is 58.6 Å². The molecule has 8 atom stereocenters. The number of aliphatic hydroxyl groups is 2. The van der Waals surface area contributed by atoms with Gasteiger partial charge in [-0.05, 0) is 154 Å². The van der Waals surface area contributed by atoms with E-state index in [9.17, 15) is 31.8 Å². The highest BCUT2D eigenvalue weighted by atomic mass is 35.5. The summed E-state index contributed by atoms with van der Waals surface area (Å²) >= 11 is 6.40. The summed E-state index contributed by atoms with van der Waals surface area (Å²) in [7, 11) is -3.68. The second-order valence-electron chi connectivity index (χ2n) is 20.9. The third-order valence-electron chi connectivity index (χ3n) is 17.9. The fourth-order valence-electron chi connectivity index (χ4n) is 15.7. The molecule has 1 aromatic heterocycles. The number of hydrogen-bond donors (Lipinski definition) is 2. The number of alkyl halides is 3. The highest BCUT2D eigenvalue weighted by molar-refractivity contribution is 7.88. The summed E-state index contributed by atoms with van der Waals surface area (Å²) in [6, 6.07) is 5.99. The van der Waals surface area contributed by atoms with E-state index in [1.165, 1.54) is 43.7 Å². The molecule has 7 nitrogen and oxygen atoms in total. The number of aliphatic hydroxyl groups excluding tert-OH is 1. The largest absolute Gasteiger partial charge is 0.453 e. The average molecular weight is 842 g/mol. The molecule has 10 aliphatic rings.